The maximum absolute atomic E-state index is 11.0. The summed E-state index contributed by atoms with van der Waals surface area (Å²) in [4.78, 5) is 22.9. The first-order valence-corrected chi connectivity index (χ1v) is 4.43. The molecule has 0 fully saturated rings. The zero-order chi connectivity index (χ0) is 10.6. The molecule has 0 aromatic carbocycles. The molecule has 0 aliphatic rings. The quantitative estimate of drug-likeness (QED) is 0.449. The minimum Gasteiger partial charge on any atom is -0.323 e. The lowest BCUT2D eigenvalue weighted by atomic mass is 10.2. The second-order valence-electron chi connectivity index (χ2n) is 2.49. The van der Waals surface area contributed by atoms with Gasteiger partial charge in [-0.15, -0.1) is 0 Å². The molecule has 6 heteroatoms. The van der Waals surface area contributed by atoms with Gasteiger partial charge >= 0.3 is 11.2 Å². The second-order valence-corrected chi connectivity index (χ2v) is 2.85. The van der Waals surface area contributed by atoms with E-state index < -0.39 is 16.2 Å². The van der Waals surface area contributed by atoms with E-state index >= 15 is 0 Å². The predicted octanol–water partition coefficient (Wildman–Crippen LogP) is 1.23. The van der Waals surface area contributed by atoms with Gasteiger partial charge in [-0.3, -0.25) is 14.9 Å². The second kappa shape index (κ2) is 4.61. The summed E-state index contributed by atoms with van der Waals surface area (Å²) < 4.78 is 0. The largest absolute Gasteiger partial charge is 0.334 e. The highest BCUT2D eigenvalue weighted by atomic mass is 32.1. The molecule has 0 saturated heterocycles. The zero-order valence-corrected chi connectivity index (χ0v) is 8.03. The normalized spacial score (nSPS) is 10.6. The van der Waals surface area contributed by atoms with E-state index in [0.717, 1.165) is 0 Å². The van der Waals surface area contributed by atoms with Crippen LogP contribution >= 0.6 is 12.6 Å². The molecule has 0 saturated carbocycles. The summed E-state index contributed by atoms with van der Waals surface area (Å²) >= 11 is 3.95. The Balaban J connectivity index is 3.13. The highest BCUT2D eigenvalue weighted by molar-refractivity contribution is 7.80. The van der Waals surface area contributed by atoms with Crippen molar-refractivity contribution in [1.29, 1.82) is 0 Å². The van der Waals surface area contributed by atoms with Gasteiger partial charge in [0.05, 0.1) is 4.92 Å². The van der Waals surface area contributed by atoms with Gasteiger partial charge in [0.25, 0.3) is 0 Å². The monoisotopic (exact) mass is 212 g/mol. The lowest BCUT2D eigenvalue weighted by Crippen LogP contribution is -2.10. The molecule has 1 aromatic heterocycles. The van der Waals surface area contributed by atoms with E-state index in [1.807, 2.05) is 0 Å². The molecule has 0 atom stereocenters. The van der Waals surface area contributed by atoms with Gasteiger partial charge in [-0.1, -0.05) is 12.2 Å². The molecule has 14 heavy (non-hydrogen) atoms. The van der Waals surface area contributed by atoms with E-state index in [0.29, 0.717) is 11.3 Å². The summed E-state index contributed by atoms with van der Waals surface area (Å²) in [5.74, 6) is 0.535. The summed E-state index contributed by atoms with van der Waals surface area (Å²) in [6.07, 6.45) is 4.78. The van der Waals surface area contributed by atoms with Gasteiger partial charge in [-0.2, -0.15) is 12.6 Å². The molecule has 0 bridgehead atoms. The number of hydrogen-bond donors (Lipinski definition) is 2. The molecule has 74 valence electrons. The molecule has 0 spiro atoms. The number of rotatable bonds is 3. The van der Waals surface area contributed by atoms with Crippen molar-refractivity contribution in [3.8, 4) is 0 Å². The Labute approximate surface area is 85.0 Å². The molecule has 0 aliphatic carbocycles. The van der Waals surface area contributed by atoms with E-state index in [1.54, 1.807) is 12.2 Å². The molecule has 1 N–H and O–H groups in total. The van der Waals surface area contributed by atoms with Crippen LogP contribution in [0.2, 0.25) is 0 Å². The summed E-state index contributed by atoms with van der Waals surface area (Å²) in [7, 11) is 0. The number of aromatic nitrogens is 1. The number of H-pyrrole nitrogens is 1. The minimum atomic E-state index is -0.711. The van der Waals surface area contributed by atoms with Gasteiger partial charge in [-0.05, 0) is 5.56 Å². The highest BCUT2D eigenvalue weighted by Gasteiger charge is 2.11. The summed E-state index contributed by atoms with van der Waals surface area (Å²) in [5, 5.41) is 10.4. The minimum absolute atomic E-state index is 0.452. The summed E-state index contributed by atoms with van der Waals surface area (Å²) in [6.45, 7) is 0. The van der Waals surface area contributed by atoms with Crippen molar-refractivity contribution in [2.75, 3.05) is 5.75 Å². The fourth-order valence-electron chi connectivity index (χ4n) is 0.909. The first-order valence-electron chi connectivity index (χ1n) is 3.79. The fourth-order valence-corrected chi connectivity index (χ4v) is 1.01. The van der Waals surface area contributed by atoms with Crippen molar-refractivity contribution in [1.82, 2.24) is 4.98 Å². The maximum atomic E-state index is 11.0. The maximum Gasteiger partial charge on any atom is 0.334 e. The Bertz CT molecular complexity index is 425. The van der Waals surface area contributed by atoms with Crippen LogP contribution < -0.4 is 5.56 Å². The predicted molar refractivity (Wildman–Crippen MR) is 56.6 cm³/mol. The fraction of sp³-hybridized carbons (Fsp3) is 0.125. The number of nitrogens with zero attached hydrogens (tertiary/aromatic N) is 1. The van der Waals surface area contributed by atoms with Crippen molar-refractivity contribution in [2.24, 2.45) is 0 Å². The summed E-state index contributed by atoms with van der Waals surface area (Å²) in [6, 6.07) is 1.22. The van der Waals surface area contributed by atoms with Crippen molar-refractivity contribution in [3.63, 3.8) is 0 Å². The van der Waals surface area contributed by atoms with Crippen LogP contribution in [0.15, 0.2) is 23.1 Å². The molecule has 0 aliphatic heterocycles. The van der Waals surface area contributed by atoms with Crippen LogP contribution in [0.5, 0.6) is 0 Å². The SMILES string of the molecule is O=c1[nH]cc(C=CCS)cc1[N+](=O)[O-]. The Morgan fingerprint density at radius 3 is 2.93 bits per heavy atom. The molecule has 1 heterocycles. The molecule has 0 radical (unpaired) electrons. The first kappa shape index (κ1) is 10.5. The lowest BCUT2D eigenvalue weighted by Gasteiger charge is -1.93. The van der Waals surface area contributed by atoms with Crippen molar-refractivity contribution < 1.29 is 4.92 Å². The third kappa shape index (κ3) is 2.46. The Hall–Kier alpha value is -1.56. The number of hydrogen-bond acceptors (Lipinski definition) is 4. The van der Waals surface area contributed by atoms with E-state index in [-0.39, 0.29) is 0 Å². The van der Waals surface area contributed by atoms with E-state index in [1.165, 1.54) is 12.3 Å². The van der Waals surface area contributed by atoms with Crippen molar-refractivity contribution >= 4 is 24.4 Å². The molecule has 1 aromatic rings. The Morgan fingerprint density at radius 2 is 2.36 bits per heavy atom. The number of nitrogens with one attached hydrogen (secondary N) is 1. The van der Waals surface area contributed by atoms with Crippen LogP contribution in [0, 0.1) is 10.1 Å². The lowest BCUT2D eigenvalue weighted by molar-refractivity contribution is -0.386. The Kier molecular flexibility index (Phi) is 3.47. The average Bonchev–Trinajstić information content (AvgIpc) is 2.16. The van der Waals surface area contributed by atoms with E-state index in [9.17, 15) is 14.9 Å². The molecule has 0 amide bonds. The van der Waals surface area contributed by atoms with Gasteiger partial charge in [0, 0.05) is 18.0 Å². The van der Waals surface area contributed by atoms with Gasteiger partial charge < -0.3 is 4.98 Å². The van der Waals surface area contributed by atoms with Crippen LogP contribution in [-0.4, -0.2) is 15.7 Å². The van der Waals surface area contributed by atoms with Crippen LogP contribution in [0.4, 0.5) is 5.69 Å². The smallest absolute Gasteiger partial charge is 0.323 e. The third-order valence-corrected chi connectivity index (χ3v) is 1.73. The molecule has 1 rings (SSSR count). The van der Waals surface area contributed by atoms with Crippen molar-refractivity contribution in [3.05, 3.63) is 44.4 Å². The number of aromatic amines is 1. The van der Waals surface area contributed by atoms with Crippen LogP contribution in [-0.2, 0) is 0 Å². The van der Waals surface area contributed by atoms with Crippen molar-refractivity contribution in [2.45, 2.75) is 0 Å². The van der Waals surface area contributed by atoms with Gasteiger partial charge in [0.1, 0.15) is 0 Å². The first-order chi connectivity index (χ1) is 6.65. The zero-order valence-electron chi connectivity index (χ0n) is 7.14. The molecular weight excluding hydrogens is 204 g/mol. The van der Waals surface area contributed by atoms with E-state index in [2.05, 4.69) is 17.6 Å². The summed E-state index contributed by atoms with van der Waals surface area (Å²) in [5.41, 5.74) is -0.574. The topological polar surface area (TPSA) is 76.0 Å². The van der Waals surface area contributed by atoms with Crippen LogP contribution in [0.3, 0.4) is 0 Å². The average molecular weight is 212 g/mol. The molecular formula is C8H8N2O3S. The number of pyridine rings is 1. The number of thiol groups is 1. The molecule has 0 unspecified atom stereocenters. The van der Waals surface area contributed by atoms with Gasteiger partial charge in [-0.25, -0.2) is 0 Å². The third-order valence-electron chi connectivity index (χ3n) is 1.52. The van der Waals surface area contributed by atoms with E-state index in [4.69, 9.17) is 0 Å². The standard InChI is InChI=1S/C8H8N2O3S/c11-8-7(10(12)13)4-6(5-9-8)2-1-3-14/h1-2,4-5,14H,3H2,(H,9,11). The van der Waals surface area contributed by atoms with Gasteiger partial charge in [0.2, 0.25) is 0 Å². The Morgan fingerprint density at radius 1 is 1.64 bits per heavy atom. The molecule has 5 nitrogen and oxygen atoms in total. The van der Waals surface area contributed by atoms with Crippen LogP contribution in [0.1, 0.15) is 5.56 Å². The number of nitro groups is 1. The van der Waals surface area contributed by atoms with Crippen LogP contribution in [0.25, 0.3) is 6.08 Å². The van der Waals surface area contributed by atoms with Gasteiger partial charge in [0.15, 0.2) is 0 Å². The highest BCUT2D eigenvalue weighted by Crippen LogP contribution is 2.07.